The molecule has 0 aliphatic heterocycles. The fraction of sp³-hybridized carbons (Fsp3) is 0.300. The van der Waals surface area contributed by atoms with Crippen LogP contribution >= 0.6 is 0 Å². The number of hydrogen-bond acceptors (Lipinski definition) is 9. The number of methoxy groups -OCH3 is 4. The summed E-state index contributed by atoms with van der Waals surface area (Å²) in [6, 6.07) is 8.29. The average Bonchev–Trinajstić information content (AvgIpc) is 2.81. The summed E-state index contributed by atoms with van der Waals surface area (Å²) >= 11 is 0. The van der Waals surface area contributed by atoms with Crippen molar-refractivity contribution in [1.82, 2.24) is 3.71 Å². The Labute approximate surface area is 197 Å². The van der Waals surface area contributed by atoms with Gasteiger partial charge in [0.05, 0.1) is 28.4 Å². The Kier molecular flexibility index (Phi) is 8.84. The second-order valence-electron chi connectivity index (χ2n) is 6.46. The Hall–Kier alpha value is -3.36. The molecule has 0 saturated carbocycles. The zero-order chi connectivity index (χ0) is 25.5. The number of aliphatic carboxylic acids is 1. The van der Waals surface area contributed by atoms with E-state index in [1.807, 2.05) is 0 Å². The molecule has 14 heteroatoms. The van der Waals surface area contributed by atoms with Crippen LogP contribution in [0.2, 0.25) is 0 Å². The van der Waals surface area contributed by atoms with E-state index in [9.17, 15) is 26.7 Å². The van der Waals surface area contributed by atoms with Crippen molar-refractivity contribution in [3.8, 4) is 23.0 Å². The Morgan fingerprint density at radius 2 is 1.50 bits per heavy atom. The van der Waals surface area contributed by atoms with Gasteiger partial charge in [0, 0.05) is 30.3 Å². The van der Waals surface area contributed by atoms with Gasteiger partial charge in [-0.1, -0.05) is 15.8 Å². The molecule has 0 atom stereocenters. The molecule has 2 rings (SSSR count). The maximum atomic E-state index is 13.1. The molecule has 0 radical (unpaired) electrons. The third kappa shape index (κ3) is 5.95. The Bertz CT molecular complexity index is 1250. The van der Waals surface area contributed by atoms with E-state index < -0.39 is 37.6 Å². The van der Waals surface area contributed by atoms with Crippen LogP contribution in [0, 0.1) is 0 Å². The van der Waals surface area contributed by atoms with Gasteiger partial charge < -0.3 is 24.1 Å². The van der Waals surface area contributed by atoms with E-state index in [4.69, 9.17) is 18.9 Å². The molecule has 2 aromatic rings. The van der Waals surface area contributed by atoms with Gasteiger partial charge in [-0.3, -0.25) is 4.79 Å². The molecule has 0 unspecified atom stereocenters. The maximum Gasteiger partial charge on any atom is 0.336 e. The molecule has 0 amide bonds. The molecule has 0 saturated heterocycles. The van der Waals surface area contributed by atoms with Crippen LogP contribution in [0.3, 0.4) is 0 Å². The molecule has 0 heterocycles. The van der Waals surface area contributed by atoms with Gasteiger partial charge in [-0.2, -0.15) is 12.8 Å². The first-order valence-corrected chi connectivity index (χ1v) is 12.3. The number of nitrogens with zero attached hydrogens (tertiary/aromatic N) is 2. The van der Waals surface area contributed by atoms with Gasteiger partial charge >= 0.3 is 16.2 Å². The van der Waals surface area contributed by atoms with Crippen molar-refractivity contribution in [3.63, 3.8) is 0 Å². The third-order valence-corrected chi connectivity index (χ3v) is 8.23. The number of benzene rings is 2. The second kappa shape index (κ2) is 11.2. The van der Waals surface area contributed by atoms with E-state index in [-0.39, 0.29) is 15.9 Å². The standard InChI is InChI=1S/C20H24N2O10S2/c1-29-14-11-17(31-3)15(18(12-14)32-4)9-10-21-34(27,28)22(13-20(23)24)33(25,26)19-8-6-5-7-16(19)30-2/h5-8,10-12H,9,13H2,1-4H3,(H,23,24). The first-order chi connectivity index (χ1) is 16.0. The highest BCUT2D eigenvalue weighted by Crippen LogP contribution is 2.34. The van der Waals surface area contributed by atoms with Crippen LogP contribution in [0.1, 0.15) is 5.56 Å². The molecule has 34 heavy (non-hydrogen) atoms. The van der Waals surface area contributed by atoms with Crippen molar-refractivity contribution in [2.45, 2.75) is 11.3 Å². The number of rotatable bonds is 12. The number of sulfonamides is 1. The lowest BCUT2D eigenvalue weighted by atomic mass is 10.1. The van der Waals surface area contributed by atoms with Gasteiger partial charge in [-0.15, -0.1) is 0 Å². The van der Waals surface area contributed by atoms with Crippen LogP contribution in [-0.4, -0.2) is 72.8 Å². The number of ether oxygens (including phenoxy) is 4. The van der Waals surface area contributed by atoms with Gasteiger partial charge in [0.25, 0.3) is 10.0 Å². The summed E-state index contributed by atoms with van der Waals surface area (Å²) in [6.07, 6.45) is 0.764. The molecular formula is C20H24N2O10S2. The smallest absolute Gasteiger partial charge is 0.336 e. The van der Waals surface area contributed by atoms with Gasteiger partial charge in [-0.05, 0) is 12.1 Å². The monoisotopic (exact) mass is 516 g/mol. The molecule has 186 valence electrons. The first-order valence-electron chi connectivity index (χ1n) is 9.47. The number of para-hydroxylation sites is 1. The van der Waals surface area contributed by atoms with Crippen molar-refractivity contribution in [2.24, 2.45) is 4.40 Å². The lowest BCUT2D eigenvalue weighted by Gasteiger charge is -2.19. The Morgan fingerprint density at radius 3 is 2.00 bits per heavy atom. The van der Waals surface area contributed by atoms with Gasteiger partial charge in [0.15, 0.2) is 0 Å². The fourth-order valence-corrected chi connectivity index (χ4v) is 6.04. The molecule has 0 aliphatic rings. The van der Waals surface area contributed by atoms with Crippen LogP contribution in [0.4, 0.5) is 0 Å². The van der Waals surface area contributed by atoms with Crippen molar-refractivity contribution < 1.29 is 45.7 Å². The fourth-order valence-electron chi connectivity index (χ4n) is 2.90. The van der Waals surface area contributed by atoms with E-state index >= 15 is 0 Å². The summed E-state index contributed by atoms with van der Waals surface area (Å²) in [7, 11) is -4.45. The van der Waals surface area contributed by atoms with E-state index in [0.29, 0.717) is 22.8 Å². The number of carboxylic acid groups (broad SMARTS) is 1. The molecule has 2 aromatic carbocycles. The third-order valence-electron chi connectivity index (χ3n) is 4.46. The molecule has 1 N–H and O–H groups in total. The van der Waals surface area contributed by atoms with E-state index in [1.54, 1.807) is 12.1 Å². The summed E-state index contributed by atoms with van der Waals surface area (Å²) in [4.78, 5) is 10.8. The summed E-state index contributed by atoms with van der Waals surface area (Å²) < 4.78 is 75.7. The van der Waals surface area contributed by atoms with Crippen LogP contribution in [0.5, 0.6) is 23.0 Å². The summed E-state index contributed by atoms with van der Waals surface area (Å²) in [5, 5.41) is 9.17. The van der Waals surface area contributed by atoms with Crippen LogP contribution in [-0.2, 0) is 31.4 Å². The van der Waals surface area contributed by atoms with Crippen LogP contribution < -0.4 is 18.9 Å². The quantitative estimate of drug-likeness (QED) is 0.408. The van der Waals surface area contributed by atoms with Crippen LogP contribution in [0.15, 0.2) is 45.7 Å². The normalized spacial score (nSPS) is 12.0. The topological polar surface area (TPSA) is 158 Å². The maximum absolute atomic E-state index is 13.1. The molecule has 0 spiro atoms. The summed E-state index contributed by atoms with van der Waals surface area (Å²) in [6.45, 7) is -1.38. The SMILES string of the molecule is COc1cc(OC)c(CC=NS(=O)(=O)N(CC(=O)O)S(=O)(=O)c2ccccc2OC)c(OC)c1. The second-order valence-corrected chi connectivity index (χ2v) is 10.1. The molecule has 0 aliphatic carbocycles. The summed E-state index contributed by atoms with van der Waals surface area (Å²) in [5.74, 6) is -0.814. The van der Waals surface area contributed by atoms with E-state index in [1.165, 1.54) is 46.6 Å². The van der Waals surface area contributed by atoms with Crippen molar-refractivity contribution in [2.75, 3.05) is 35.0 Å². The number of hydrogen-bond donors (Lipinski definition) is 1. The molecule has 0 bridgehead atoms. The highest BCUT2D eigenvalue weighted by Gasteiger charge is 2.38. The Morgan fingerprint density at radius 1 is 0.941 bits per heavy atom. The summed E-state index contributed by atoms with van der Waals surface area (Å²) in [5.41, 5.74) is 0.405. The number of carboxylic acids is 1. The van der Waals surface area contributed by atoms with Crippen molar-refractivity contribution >= 4 is 32.4 Å². The van der Waals surface area contributed by atoms with Gasteiger partial charge in [0.2, 0.25) is 0 Å². The average molecular weight is 517 g/mol. The van der Waals surface area contributed by atoms with Crippen molar-refractivity contribution in [1.29, 1.82) is 0 Å². The molecule has 12 nitrogen and oxygen atoms in total. The zero-order valence-electron chi connectivity index (χ0n) is 18.8. The lowest BCUT2D eigenvalue weighted by molar-refractivity contribution is -0.136. The first kappa shape index (κ1) is 26.9. The highest BCUT2D eigenvalue weighted by molar-refractivity contribution is 8.03. The van der Waals surface area contributed by atoms with Gasteiger partial charge in [0.1, 0.15) is 34.4 Å². The van der Waals surface area contributed by atoms with E-state index in [0.717, 1.165) is 12.3 Å². The minimum Gasteiger partial charge on any atom is -0.496 e. The molecular weight excluding hydrogens is 492 g/mol. The number of carbonyl (C=O) groups is 1. The highest BCUT2D eigenvalue weighted by atomic mass is 32.3. The van der Waals surface area contributed by atoms with E-state index in [2.05, 4.69) is 4.40 Å². The minimum absolute atomic E-state index is 0.148. The molecule has 0 fully saturated rings. The minimum atomic E-state index is -5.00. The lowest BCUT2D eigenvalue weighted by Crippen LogP contribution is -2.39. The predicted molar refractivity (Wildman–Crippen MR) is 122 cm³/mol. The molecule has 0 aromatic heterocycles. The predicted octanol–water partition coefficient (Wildman–Crippen LogP) is 1.35. The Balaban J connectivity index is 2.48. The van der Waals surface area contributed by atoms with Crippen LogP contribution in [0.25, 0.3) is 0 Å². The van der Waals surface area contributed by atoms with Gasteiger partial charge in [-0.25, -0.2) is 8.42 Å². The van der Waals surface area contributed by atoms with Crippen molar-refractivity contribution in [3.05, 3.63) is 42.0 Å². The zero-order valence-corrected chi connectivity index (χ0v) is 20.4. The largest absolute Gasteiger partial charge is 0.496 e.